The van der Waals surface area contributed by atoms with Crippen LogP contribution >= 0.6 is 12.6 Å². The molecule has 0 aliphatic rings. The Morgan fingerprint density at radius 2 is 1.06 bits per heavy atom. The molecule has 0 saturated carbocycles. The van der Waals surface area contributed by atoms with Crippen LogP contribution in [0.3, 0.4) is 0 Å². The van der Waals surface area contributed by atoms with Gasteiger partial charge in [0.25, 0.3) is 0 Å². The normalized spacial score (nSPS) is 14.7. The van der Waals surface area contributed by atoms with Gasteiger partial charge in [0.1, 0.15) is 30.2 Å². The van der Waals surface area contributed by atoms with E-state index in [0.29, 0.717) is 0 Å². The molecule has 21 heteroatoms. The first kappa shape index (κ1) is 42.5. The van der Waals surface area contributed by atoms with Crippen molar-refractivity contribution in [3.05, 3.63) is 0 Å². The van der Waals surface area contributed by atoms with Gasteiger partial charge in [-0.15, -0.1) is 0 Å². The number of aliphatic carboxylic acids is 2. The van der Waals surface area contributed by atoms with Crippen molar-refractivity contribution in [1.29, 1.82) is 0 Å². The van der Waals surface area contributed by atoms with Crippen LogP contribution in [0.25, 0.3) is 0 Å². The number of amides is 7. The highest BCUT2D eigenvalue weighted by Crippen LogP contribution is 2.08. The number of primary amides is 2. The van der Waals surface area contributed by atoms with E-state index in [4.69, 9.17) is 22.3 Å². The van der Waals surface area contributed by atoms with Gasteiger partial charge in [-0.25, -0.2) is 4.79 Å². The van der Waals surface area contributed by atoms with Crippen LogP contribution in [0.1, 0.15) is 52.4 Å². The van der Waals surface area contributed by atoms with Gasteiger partial charge in [0, 0.05) is 18.6 Å². The summed E-state index contributed by atoms with van der Waals surface area (Å²) in [5.74, 6) is -10.4. The van der Waals surface area contributed by atoms with Crippen molar-refractivity contribution in [2.24, 2.45) is 23.1 Å². The molecule has 47 heavy (non-hydrogen) atoms. The highest BCUT2D eigenvalue weighted by atomic mass is 32.1. The number of hydrogen-bond acceptors (Lipinski definition) is 12. The lowest BCUT2D eigenvalue weighted by Gasteiger charge is -2.26. The Labute approximate surface area is 275 Å². The van der Waals surface area contributed by atoms with Crippen molar-refractivity contribution in [3.8, 4) is 0 Å². The summed E-state index contributed by atoms with van der Waals surface area (Å²) >= 11 is 3.86. The van der Waals surface area contributed by atoms with Gasteiger partial charge in [0.2, 0.25) is 41.4 Å². The summed E-state index contributed by atoms with van der Waals surface area (Å²) in [6.07, 6.45) is -2.93. The van der Waals surface area contributed by atoms with E-state index in [2.05, 4.69) is 39.2 Å². The first-order chi connectivity index (χ1) is 21.8. The molecule has 0 aliphatic heterocycles. The fourth-order valence-electron chi connectivity index (χ4n) is 3.84. The smallest absolute Gasteiger partial charge is 0.326 e. The van der Waals surface area contributed by atoms with Crippen molar-refractivity contribution in [1.82, 2.24) is 26.6 Å². The Morgan fingerprint density at radius 1 is 0.638 bits per heavy atom. The van der Waals surface area contributed by atoms with E-state index in [1.165, 1.54) is 0 Å². The van der Waals surface area contributed by atoms with E-state index in [1.807, 2.05) is 0 Å². The molecule has 0 aromatic heterocycles. The summed E-state index contributed by atoms with van der Waals surface area (Å²) in [5.41, 5.74) is 15.9. The number of hydrogen-bond donors (Lipinski definition) is 12. The van der Waals surface area contributed by atoms with E-state index in [9.17, 15) is 53.4 Å². The predicted molar refractivity (Wildman–Crippen MR) is 165 cm³/mol. The molecule has 0 aliphatic carbocycles. The highest BCUT2D eigenvalue weighted by molar-refractivity contribution is 7.80. The number of aliphatic hydroxyl groups is 1. The van der Waals surface area contributed by atoms with E-state index >= 15 is 0 Å². The molecular formula is C26H44N8O12S. The van der Waals surface area contributed by atoms with Crippen LogP contribution < -0.4 is 43.8 Å². The Balaban J connectivity index is 6.12. The zero-order chi connectivity index (χ0) is 36.4. The average Bonchev–Trinajstić information content (AvgIpc) is 2.97. The second kappa shape index (κ2) is 21.3. The highest BCUT2D eigenvalue weighted by Gasteiger charge is 2.33. The maximum Gasteiger partial charge on any atom is 0.326 e. The Hall–Kier alpha value is -4.50. The number of carboxylic acid groups (broad SMARTS) is 2. The monoisotopic (exact) mass is 692 g/mol. The predicted octanol–water partition coefficient (Wildman–Crippen LogP) is -5.20. The Bertz CT molecular complexity index is 1170. The number of carbonyl (C=O) groups excluding carboxylic acids is 7. The van der Waals surface area contributed by atoms with E-state index in [1.54, 1.807) is 13.8 Å². The lowest BCUT2D eigenvalue weighted by molar-refractivity contribution is -0.143. The van der Waals surface area contributed by atoms with Gasteiger partial charge < -0.3 is 59.1 Å². The molecule has 266 valence electrons. The van der Waals surface area contributed by atoms with Crippen LogP contribution in [0.15, 0.2) is 0 Å². The molecule has 0 radical (unpaired) electrons. The number of nitrogens with two attached hydrogens (primary N) is 3. The molecule has 6 atom stereocenters. The quantitative estimate of drug-likeness (QED) is 0.0446. The molecule has 14 N–H and O–H groups in total. The molecular weight excluding hydrogens is 648 g/mol. The van der Waals surface area contributed by atoms with Crippen molar-refractivity contribution in [2.75, 3.05) is 12.4 Å². The largest absolute Gasteiger partial charge is 0.481 e. The fraction of sp³-hybridized carbons (Fsp3) is 0.654. The second-order valence-electron chi connectivity index (χ2n) is 10.9. The fourth-order valence-corrected chi connectivity index (χ4v) is 4.01. The first-order valence-electron chi connectivity index (χ1n) is 14.3. The molecule has 0 rings (SSSR count). The van der Waals surface area contributed by atoms with Crippen LogP contribution in [0.4, 0.5) is 0 Å². The van der Waals surface area contributed by atoms with Crippen LogP contribution in [0.2, 0.25) is 0 Å². The van der Waals surface area contributed by atoms with Crippen LogP contribution in [-0.2, 0) is 43.2 Å². The maximum atomic E-state index is 13.2. The number of rotatable bonds is 23. The van der Waals surface area contributed by atoms with Crippen molar-refractivity contribution in [3.63, 3.8) is 0 Å². The minimum absolute atomic E-state index is 0.00224. The summed E-state index contributed by atoms with van der Waals surface area (Å²) in [6.45, 7) is 2.45. The van der Waals surface area contributed by atoms with E-state index in [0.717, 1.165) is 0 Å². The first-order valence-corrected chi connectivity index (χ1v) is 15.0. The van der Waals surface area contributed by atoms with Gasteiger partial charge in [-0.05, 0) is 25.2 Å². The number of thiol groups is 1. The number of nitrogens with one attached hydrogen (secondary N) is 5. The molecule has 0 saturated heterocycles. The van der Waals surface area contributed by atoms with Crippen molar-refractivity contribution < 1.29 is 58.5 Å². The van der Waals surface area contributed by atoms with Gasteiger partial charge in [-0.1, -0.05) is 13.8 Å². The summed E-state index contributed by atoms with van der Waals surface area (Å²) in [5, 5.41) is 39.1. The van der Waals surface area contributed by atoms with Crippen LogP contribution in [0, 0.1) is 5.92 Å². The minimum Gasteiger partial charge on any atom is -0.481 e. The lowest BCUT2D eigenvalue weighted by atomic mass is 10.0. The molecule has 0 unspecified atom stereocenters. The van der Waals surface area contributed by atoms with Gasteiger partial charge in [0.15, 0.2) is 0 Å². The lowest BCUT2D eigenvalue weighted by Crippen LogP contribution is -2.60. The second-order valence-corrected chi connectivity index (χ2v) is 11.2. The number of carboxylic acids is 2. The van der Waals surface area contributed by atoms with Crippen LogP contribution in [-0.4, -0.2) is 117 Å². The average molecular weight is 693 g/mol. The summed E-state index contributed by atoms with van der Waals surface area (Å²) in [6, 6.07) is -9.23. The molecule has 0 bridgehead atoms. The third-order valence-electron chi connectivity index (χ3n) is 6.30. The molecule has 0 aromatic rings. The number of aliphatic hydroxyl groups excluding tert-OH is 1. The van der Waals surface area contributed by atoms with Gasteiger partial charge in [-0.2, -0.15) is 12.6 Å². The minimum atomic E-state index is -1.82. The molecule has 0 aromatic carbocycles. The molecule has 20 nitrogen and oxygen atoms in total. The summed E-state index contributed by atoms with van der Waals surface area (Å²) in [7, 11) is 0. The zero-order valence-corrected chi connectivity index (χ0v) is 26.8. The zero-order valence-electron chi connectivity index (χ0n) is 25.9. The molecule has 0 fully saturated rings. The Kier molecular flexibility index (Phi) is 19.3. The molecule has 0 spiro atoms. The van der Waals surface area contributed by atoms with Gasteiger partial charge in [-0.3, -0.25) is 38.4 Å². The van der Waals surface area contributed by atoms with Crippen molar-refractivity contribution >= 4 is 65.9 Å². The topological polar surface area (TPSA) is 353 Å². The Morgan fingerprint density at radius 3 is 1.47 bits per heavy atom. The maximum absolute atomic E-state index is 13.2. The van der Waals surface area contributed by atoms with Crippen LogP contribution in [0.5, 0.6) is 0 Å². The third-order valence-corrected chi connectivity index (χ3v) is 6.69. The SMILES string of the molecule is CC(C)C[C@H](NC(=O)[C@H](CCC(=O)O)NC(=O)[C@H](CC(N)=O)NC(=O)[C@H](CCC(N)=O)NC(=O)[C@H](CO)NC(=O)[C@@H](N)CS)C(=O)O. The standard InChI is InChI=1S/C26H44N8O12S/c1-11(2)7-16(26(45)46)33-23(42)14(4-6-20(38)39)30-24(43)15(8-19(29)37)32-22(41)13(3-5-18(28)36)31-25(44)17(9-35)34-21(40)12(27)10-47/h11-17,35,47H,3-10,27H2,1-2H3,(H2,28,36)(H2,29,37)(H,30,43)(H,31,44)(H,32,41)(H,33,42)(H,34,40)(H,38,39)(H,45,46)/t12-,13-,14-,15-,16-,17-/m0/s1. The van der Waals surface area contributed by atoms with E-state index in [-0.39, 0.29) is 18.1 Å². The van der Waals surface area contributed by atoms with Gasteiger partial charge in [0.05, 0.1) is 19.1 Å². The van der Waals surface area contributed by atoms with Crippen molar-refractivity contribution in [2.45, 2.75) is 88.6 Å². The van der Waals surface area contributed by atoms with E-state index < -0.39 is 128 Å². The molecule has 0 heterocycles. The number of carbonyl (C=O) groups is 9. The molecule has 7 amide bonds. The third kappa shape index (κ3) is 17.1. The summed E-state index contributed by atoms with van der Waals surface area (Å²) in [4.78, 5) is 110. The summed E-state index contributed by atoms with van der Waals surface area (Å²) < 4.78 is 0. The van der Waals surface area contributed by atoms with Gasteiger partial charge >= 0.3 is 11.9 Å².